The Morgan fingerprint density at radius 2 is 1.73 bits per heavy atom. The standard InChI is InChI=1S/C26H30N4O3/c1-17(2)27-25(32)20-15-21(26-29-24(30-33-26)19-11-7-4-8-12-19)22(16-20)28-23(31)14-13-18-9-5-3-6-10-18/h3-12,17,20-22H,13-16H2,1-2H3,(H,27,32)(H,28,31)/t20-,21-,22+/m1/s1. The highest BCUT2D eigenvalue weighted by Crippen LogP contribution is 2.39. The summed E-state index contributed by atoms with van der Waals surface area (Å²) in [6.07, 6.45) is 2.15. The normalized spacial score (nSPS) is 20.0. The minimum Gasteiger partial charge on any atom is -0.354 e. The summed E-state index contributed by atoms with van der Waals surface area (Å²) in [6, 6.07) is 19.4. The Kier molecular flexibility index (Phi) is 7.17. The smallest absolute Gasteiger partial charge is 0.232 e. The number of carbonyl (C=O) groups excluding carboxylic acids is 2. The molecule has 0 saturated heterocycles. The molecule has 172 valence electrons. The summed E-state index contributed by atoms with van der Waals surface area (Å²) in [4.78, 5) is 30.1. The summed E-state index contributed by atoms with van der Waals surface area (Å²) in [5.41, 5.74) is 1.98. The van der Waals surface area contributed by atoms with Crippen molar-refractivity contribution in [2.75, 3.05) is 0 Å². The highest BCUT2D eigenvalue weighted by atomic mass is 16.5. The molecule has 1 saturated carbocycles. The fourth-order valence-electron chi connectivity index (χ4n) is 4.36. The molecule has 3 atom stereocenters. The van der Waals surface area contributed by atoms with Gasteiger partial charge in [0.15, 0.2) is 0 Å². The van der Waals surface area contributed by atoms with E-state index in [1.54, 1.807) is 0 Å². The molecule has 33 heavy (non-hydrogen) atoms. The van der Waals surface area contributed by atoms with Gasteiger partial charge in [-0.05, 0) is 38.7 Å². The van der Waals surface area contributed by atoms with E-state index in [0.29, 0.717) is 37.4 Å². The Morgan fingerprint density at radius 1 is 1.03 bits per heavy atom. The minimum absolute atomic E-state index is 0.00108. The van der Waals surface area contributed by atoms with E-state index >= 15 is 0 Å². The molecule has 0 aliphatic heterocycles. The van der Waals surface area contributed by atoms with E-state index < -0.39 is 0 Å². The van der Waals surface area contributed by atoms with E-state index in [9.17, 15) is 9.59 Å². The first-order valence-corrected chi connectivity index (χ1v) is 11.5. The molecule has 3 aromatic rings. The summed E-state index contributed by atoms with van der Waals surface area (Å²) in [5.74, 6) is 0.500. The highest BCUT2D eigenvalue weighted by Gasteiger charge is 2.42. The molecule has 4 rings (SSSR count). The number of hydrogen-bond donors (Lipinski definition) is 2. The third kappa shape index (κ3) is 5.86. The van der Waals surface area contributed by atoms with Gasteiger partial charge >= 0.3 is 0 Å². The molecule has 2 amide bonds. The molecule has 0 radical (unpaired) electrons. The van der Waals surface area contributed by atoms with E-state index in [1.165, 1.54) is 0 Å². The Balaban J connectivity index is 1.48. The maximum atomic E-state index is 12.8. The molecule has 1 aliphatic carbocycles. The van der Waals surface area contributed by atoms with Crippen LogP contribution >= 0.6 is 0 Å². The van der Waals surface area contributed by atoms with Crippen molar-refractivity contribution in [2.45, 2.75) is 57.5 Å². The molecule has 2 aromatic carbocycles. The van der Waals surface area contributed by atoms with Gasteiger partial charge in [0.25, 0.3) is 0 Å². The predicted octanol–water partition coefficient (Wildman–Crippen LogP) is 3.87. The van der Waals surface area contributed by atoms with Crippen molar-refractivity contribution < 1.29 is 14.1 Å². The number of aromatic nitrogens is 2. The lowest BCUT2D eigenvalue weighted by molar-refractivity contribution is -0.126. The summed E-state index contributed by atoms with van der Waals surface area (Å²) in [7, 11) is 0. The number of carbonyl (C=O) groups is 2. The Hall–Kier alpha value is -3.48. The summed E-state index contributed by atoms with van der Waals surface area (Å²) in [6.45, 7) is 3.88. The lowest BCUT2D eigenvalue weighted by atomic mass is 10.0. The molecule has 0 bridgehead atoms. The summed E-state index contributed by atoms with van der Waals surface area (Å²) in [5, 5.41) is 10.3. The van der Waals surface area contributed by atoms with Gasteiger partial charge in [-0.3, -0.25) is 9.59 Å². The maximum absolute atomic E-state index is 12.8. The van der Waals surface area contributed by atoms with E-state index in [-0.39, 0.29) is 35.7 Å². The van der Waals surface area contributed by atoms with Gasteiger partial charge in [0, 0.05) is 30.0 Å². The second-order valence-corrected chi connectivity index (χ2v) is 8.92. The minimum atomic E-state index is -0.236. The van der Waals surface area contributed by atoms with Crippen LogP contribution in [0, 0.1) is 5.92 Å². The number of nitrogens with one attached hydrogen (secondary N) is 2. The highest BCUT2D eigenvalue weighted by molar-refractivity contribution is 5.80. The number of amides is 2. The van der Waals surface area contributed by atoms with Crippen molar-refractivity contribution in [1.29, 1.82) is 0 Å². The molecule has 1 aromatic heterocycles. The van der Waals surface area contributed by atoms with Crippen LogP contribution in [0.5, 0.6) is 0 Å². The monoisotopic (exact) mass is 446 g/mol. The predicted molar refractivity (Wildman–Crippen MR) is 125 cm³/mol. The van der Waals surface area contributed by atoms with Crippen molar-refractivity contribution in [2.24, 2.45) is 5.92 Å². The maximum Gasteiger partial charge on any atom is 0.232 e. The second-order valence-electron chi connectivity index (χ2n) is 8.92. The van der Waals surface area contributed by atoms with E-state index in [1.807, 2.05) is 74.5 Å². The second kappa shape index (κ2) is 10.4. The molecule has 7 heteroatoms. The average molecular weight is 447 g/mol. The summed E-state index contributed by atoms with van der Waals surface area (Å²) < 4.78 is 5.61. The van der Waals surface area contributed by atoms with Gasteiger partial charge in [0.1, 0.15) is 0 Å². The van der Waals surface area contributed by atoms with Crippen LogP contribution in [0.25, 0.3) is 11.4 Å². The zero-order valence-electron chi connectivity index (χ0n) is 19.0. The van der Waals surface area contributed by atoms with Crippen LogP contribution in [-0.2, 0) is 16.0 Å². The first-order valence-electron chi connectivity index (χ1n) is 11.5. The van der Waals surface area contributed by atoms with E-state index in [4.69, 9.17) is 4.52 Å². The largest absolute Gasteiger partial charge is 0.354 e. The SMILES string of the molecule is CC(C)NC(=O)[C@H]1C[C@H](NC(=O)CCc2ccccc2)[C@H](c2nc(-c3ccccc3)no2)C1. The topological polar surface area (TPSA) is 97.1 Å². The van der Waals surface area contributed by atoms with Gasteiger partial charge < -0.3 is 15.2 Å². The van der Waals surface area contributed by atoms with Crippen molar-refractivity contribution in [3.05, 3.63) is 72.1 Å². The van der Waals surface area contributed by atoms with E-state index in [0.717, 1.165) is 11.1 Å². The van der Waals surface area contributed by atoms with Crippen molar-refractivity contribution in [3.63, 3.8) is 0 Å². The van der Waals surface area contributed by atoms with Crippen molar-refractivity contribution in [3.8, 4) is 11.4 Å². The summed E-state index contributed by atoms with van der Waals surface area (Å²) >= 11 is 0. The molecule has 2 N–H and O–H groups in total. The fraction of sp³-hybridized carbons (Fsp3) is 0.385. The first-order chi connectivity index (χ1) is 16.0. The van der Waals surface area contributed by atoms with Gasteiger partial charge in [-0.2, -0.15) is 4.98 Å². The molecule has 7 nitrogen and oxygen atoms in total. The number of rotatable bonds is 8. The quantitative estimate of drug-likeness (QED) is 0.547. The van der Waals surface area contributed by atoms with Crippen LogP contribution in [0.1, 0.15) is 50.5 Å². The molecule has 1 heterocycles. The number of benzene rings is 2. The Labute approximate surface area is 194 Å². The van der Waals surface area contributed by atoms with Gasteiger partial charge in [0.2, 0.25) is 23.5 Å². The van der Waals surface area contributed by atoms with Crippen LogP contribution in [0.2, 0.25) is 0 Å². The molecule has 0 spiro atoms. The van der Waals surface area contributed by atoms with Gasteiger partial charge in [-0.25, -0.2) is 0 Å². The van der Waals surface area contributed by atoms with Crippen molar-refractivity contribution in [1.82, 2.24) is 20.8 Å². The average Bonchev–Trinajstić information content (AvgIpc) is 3.46. The Bertz CT molecular complexity index is 1070. The molecular weight excluding hydrogens is 416 g/mol. The first kappa shape index (κ1) is 22.7. The third-order valence-corrected chi connectivity index (χ3v) is 5.99. The van der Waals surface area contributed by atoms with Gasteiger partial charge in [-0.15, -0.1) is 0 Å². The molecule has 0 unspecified atom stereocenters. The zero-order valence-corrected chi connectivity index (χ0v) is 19.0. The fourth-order valence-corrected chi connectivity index (χ4v) is 4.36. The molecule has 1 aliphatic rings. The van der Waals surface area contributed by atoms with Crippen LogP contribution in [0.15, 0.2) is 65.2 Å². The molecular formula is C26H30N4O3. The third-order valence-electron chi connectivity index (χ3n) is 5.99. The van der Waals surface area contributed by atoms with Gasteiger partial charge in [0.05, 0.1) is 5.92 Å². The number of aryl methyl sites for hydroxylation is 1. The van der Waals surface area contributed by atoms with Crippen LogP contribution in [0.4, 0.5) is 0 Å². The van der Waals surface area contributed by atoms with Crippen LogP contribution in [0.3, 0.4) is 0 Å². The zero-order chi connectivity index (χ0) is 23.2. The Morgan fingerprint density at radius 3 is 2.42 bits per heavy atom. The number of hydrogen-bond acceptors (Lipinski definition) is 5. The van der Waals surface area contributed by atoms with Crippen LogP contribution < -0.4 is 10.6 Å². The number of nitrogens with zero attached hydrogens (tertiary/aromatic N) is 2. The van der Waals surface area contributed by atoms with Crippen molar-refractivity contribution >= 4 is 11.8 Å². The molecule has 1 fully saturated rings. The lowest BCUT2D eigenvalue weighted by Crippen LogP contribution is -2.38. The van der Waals surface area contributed by atoms with E-state index in [2.05, 4.69) is 20.8 Å². The lowest BCUT2D eigenvalue weighted by Gasteiger charge is -2.18. The van der Waals surface area contributed by atoms with Gasteiger partial charge in [-0.1, -0.05) is 65.8 Å². The van der Waals surface area contributed by atoms with Crippen LogP contribution in [-0.4, -0.2) is 34.0 Å².